The van der Waals surface area contributed by atoms with Crippen LogP contribution in [-0.4, -0.2) is 27.1 Å². The molecule has 1 atom stereocenters. The zero-order valence-electron chi connectivity index (χ0n) is 9.95. The fourth-order valence-electron chi connectivity index (χ4n) is 1.52. The van der Waals surface area contributed by atoms with Crippen molar-refractivity contribution in [1.29, 1.82) is 0 Å². The molecular weight excluding hydrogens is 255 g/mol. The zero-order chi connectivity index (χ0) is 14.0. The number of aliphatic hydroxyl groups excluding tert-OH is 1. The van der Waals surface area contributed by atoms with Gasteiger partial charge in [-0.15, -0.1) is 0 Å². The minimum absolute atomic E-state index is 0.202. The van der Waals surface area contributed by atoms with Crippen molar-refractivity contribution < 1.29 is 19.3 Å². The van der Waals surface area contributed by atoms with Gasteiger partial charge < -0.3 is 14.9 Å². The normalized spacial score (nSPS) is 12.4. The number of methoxy groups -OCH3 is 1. The number of benzene rings is 1. The van der Waals surface area contributed by atoms with Gasteiger partial charge >= 0.3 is 0 Å². The second kappa shape index (κ2) is 5.17. The fourth-order valence-corrected chi connectivity index (χ4v) is 1.52. The van der Waals surface area contributed by atoms with Gasteiger partial charge in [0.15, 0.2) is 5.69 Å². The van der Waals surface area contributed by atoms with E-state index in [0.717, 1.165) is 10.7 Å². The van der Waals surface area contributed by atoms with Crippen molar-refractivity contribution in [2.45, 2.75) is 6.29 Å². The molecule has 0 aliphatic heterocycles. The summed E-state index contributed by atoms with van der Waals surface area (Å²) in [6.45, 7) is 0. The van der Waals surface area contributed by atoms with Crippen LogP contribution >= 0.6 is 0 Å². The molecule has 2 rings (SSSR count). The van der Waals surface area contributed by atoms with Crippen LogP contribution < -0.4 is 5.56 Å². The maximum absolute atomic E-state index is 12.8. The van der Waals surface area contributed by atoms with Gasteiger partial charge in [0, 0.05) is 13.2 Å². The summed E-state index contributed by atoms with van der Waals surface area (Å²) in [6.07, 6.45) is -1.47. The smallest absolute Gasteiger partial charge is 0.275 e. The van der Waals surface area contributed by atoms with Gasteiger partial charge in [0.2, 0.25) is 6.29 Å². The van der Waals surface area contributed by atoms with Crippen LogP contribution in [0.5, 0.6) is 5.75 Å². The second-order valence-electron chi connectivity index (χ2n) is 3.73. The standard InChI is InChI=1S/C12H11FN2O4/c1-19-12(18)11-9(16)6-10(17)15(14-11)8-4-2-7(13)3-5-8/h2-6,12,16,18H,1H3/t12-/m1/s1. The minimum atomic E-state index is -1.47. The van der Waals surface area contributed by atoms with Crippen molar-refractivity contribution in [1.82, 2.24) is 9.78 Å². The number of ether oxygens (including phenoxy) is 1. The number of aromatic hydroxyl groups is 1. The summed E-state index contributed by atoms with van der Waals surface area (Å²) in [7, 11) is 1.22. The number of rotatable bonds is 3. The largest absolute Gasteiger partial charge is 0.506 e. The molecule has 0 radical (unpaired) electrons. The Kier molecular flexibility index (Phi) is 3.59. The van der Waals surface area contributed by atoms with E-state index in [1.807, 2.05) is 0 Å². The first-order chi connectivity index (χ1) is 9.02. The van der Waals surface area contributed by atoms with E-state index in [0.29, 0.717) is 5.69 Å². The molecule has 0 aliphatic rings. The number of halogens is 1. The van der Waals surface area contributed by atoms with Crippen molar-refractivity contribution in [3.8, 4) is 11.4 Å². The predicted molar refractivity (Wildman–Crippen MR) is 63.4 cm³/mol. The lowest BCUT2D eigenvalue weighted by atomic mass is 10.3. The fraction of sp³-hybridized carbons (Fsp3) is 0.167. The summed E-state index contributed by atoms with van der Waals surface area (Å²) in [5.41, 5.74) is -0.515. The molecular formula is C12H11FN2O4. The van der Waals surface area contributed by atoms with E-state index >= 15 is 0 Å². The molecule has 0 amide bonds. The van der Waals surface area contributed by atoms with Crippen molar-refractivity contribution in [3.05, 3.63) is 52.2 Å². The Balaban J connectivity index is 2.57. The highest BCUT2D eigenvalue weighted by Crippen LogP contribution is 2.20. The van der Waals surface area contributed by atoms with Gasteiger partial charge in [-0.3, -0.25) is 4.79 Å². The van der Waals surface area contributed by atoms with E-state index in [1.54, 1.807) is 0 Å². The topological polar surface area (TPSA) is 84.6 Å². The first-order valence-corrected chi connectivity index (χ1v) is 5.33. The van der Waals surface area contributed by atoms with Crippen molar-refractivity contribution in [2.75, 3.05) is 7.11 Å². The van der Waals surface area contributed by atoms with Crippen molar-refractivity contribution in [2.24, 2.45) is 0 Å². The lowest BCUT2D eigenvalue weighted by molar-refractivity contribution is -0.0819. The molecule has 0 unspecified atom stereocenters. The van der Waals surface area contributed by atoms with Gasteiger partial charge in [-0.2, -0.15) is 9.78 Å². The molecule has 0 fully saturated rings. The Hall–Kier alpha value is -2.25. The number of aliphatic hydroxyl groups is 1. The van der Waals surface area contributed by atoms with Crippen molar-refractivity contribution >= 4 is 0 Å². The molecule has 2 N–H and O–H groups in total. The molecule has 1 aromatic carbocycles. The minimum Gasteiger partial charge on any atom is -0.506 e. The van der Waals surface area contributed by atoms with E-state index in [-0.39, 0.29) is 5.69 Å². The van der Waals surface area contributed by atoms with E-state index in [2.05, 4.69) is 9.84 Å². The summed E-state index contributed by atoms with van der Waals surface area (Å²) >= 11 is 0. The van der Waals surface area contributed by atoms with E-state index in [9.17, 15) is 19.4 Å². The van der Waals surface area contributed by atoms with Crippen molar-refractivity contribution in [3.63, 3.8) is 0 Å². The third kappa shape index (κ3) is 2.61. The lowest BCUT2D eigenvalue weighted by Crippen LogP contribution is -2.23. The molecule has 6 nitrogen and oxygen atoms in total. The first-order valence-electron chi connectivity index (χ1n) is 5.33. The highest BCUT2D eigenvalue weighted by Gasteiger charge is 2.16. The van der Waals surface area contributed by atoms with Crippen LogP contribution in [0.3, 0.4) is 0 Å². The van der Waals surface area contributed by atoms with E-state index in [4.69, 9.17) is 0 Å². The van der Waals surface area contributed by atoms with Crippen LogP contribution in [0, 0.1) is 5.82 Å². The highest BCUT2D eigenvalue weighted by atomic mass is 19.1. The molecule has 0 saturated heterocycles. The molecule has 2 aromatic rings. The third-order valence-electron chi connectivity index (χ3n) is 2.47. The second-order valence-corrected chi connectivity index (χ2v) is 3.73. The van der Waals surface area contributed by atoms with Gasteiger partial charge in [0.05, 0.1) is 5.69 Å². The first kappa shape index (κ1) is 13.2. The number of hydrogen-bond donors (Lipinski definition) is 2. The maximum Gasteiger partial charge on any atom is 0.275 e. The van der Waals surface area contributed by atoms with Gasteiger partial charge in [-0.05, 0) is 24.3 Å². The molecule has 7 heteroatoms. The molecule has 0 saturated carbocycles. The molecule has 1 heterocycles. The summed E-state index contributed by atoms with van der Waals surface area (Å²) in [5, 5.41) is 22.8. The summed E-state index contributed by atoms with van der Waals surface area (Å²) in [5.74, 6) is -0.926. The molecule has 1 aromatic heterocycles. The molecule has 0 aliphatic carbocycles. The average Bonchev–Trinajstić information content (AvgIpc) is 2.39. The predicted octanol–water partition coefficient (Wildman–Crippen LogP) is 0.714. The quantitative estimate of drug-likeness (QED) is 0.799. The summed E-state index contributed by atoms with van der Waals surface area (Å²) in [4.78, 5) is 11.7. The molecule has 100 valence electrons. The van der Waals surface area contributed by atoms with Gasteiger partial charge in [0.25, 0.3) is 5.56 Å². The Morgan fingerprint density at radius 2 is 2.00 bits per heavy atom. The van der Waals surface area contributed by atoms with Crippen LogP contribution in [0.4, 0.5) is 4.39 Å². The van der Waals surface area contributed by atoms with Crippen LogP contribution in [-0.2, 0) is 4.74 Å². The molecule has 19 heavy (non-hydrogen) atoms. The summed E-state index contributed by atoms with van der Waals surface area (Å²) < 4.78 is 18.4. The van der Waals surface area contributed by atoms with E-state index in [1.165, 1.54) is 31.4 Å². The Labute approximate surface area is 107 Å². The van der Waals surface area contributed by atoms with Gasteiger partial charge in [0.1, 0.15) is 11.6 Å². The van der Waals surface area contributed by atoms with Crippen LogP contribution in [0.25, 0.3) is 5.69 Å². The molecule has 0 spiro atoms. The number of aromatic nitrogens is 2. The van der Waals surface area contributed by atoms with E-state index < -0.39 is 23.4 Å². The number of nitrogens with zero attached hydrogens (tertiary/aromatic N) is 2. The Morgan fingerprint density at radius 1 is 1.37 bits per heavy atom. The van der Waals surface area contributed by atoms with Crippen LogP contribution in [0.15, 0.2) is 35.1 Å². The number of hydrogen-bond acceptors (Lipinski definition) is 5. The lowest BCUT2D eigenvalue weighted by Gasteiger charge is -2.12. The maximum atomic E-state index is 12.8. The van der Waals surface area contributed by atoms with Crippen LogP contribution in [0.2, 0.25) is 0 Å². The average molecular weight is 266 g/mol. The molecule has 0 bridgehead atoms. The Bertz CT molecular complexity index is 639. The van der Waals surface area contributed by atoms with Gasteiger partial charge in [-0.25, -0.2) is 4.39 Å². The van der Waals surface area contributed by atoms with Gasteiger partial charge in [-0.1, -0.05) is 0 Å². The monoisotopic (exact) mass is 266 g/mol. The SMILES string of the molecule is CO[C@@H](O)c1nn(-c2ccc(F)cc2)c(=O)cc1O. The summed E-state index contributed by atoms with van der Waals surface area (Å²) in [6, 6.07) is 5.94. The zero-order valence-corrected chi connectivity index (χ0v) is 9.95. The Morgan fingerprint density at radius 3 is 2.58 bits per heavy atom. The van der Waals surface area contributed by atoms with Crippen LogP contribution in [0.1, 0.15) is 12.0 Å². The highest BCUT2D eigenvalue weighted by molar-refractivity contribution is 5.33. The third-order valence-corrected chi connectivity index (χ3v) is 2.47.